The summed E-state index contributed by atoms with van der Waals surface area (Å²) in [6.07, 6.45) is 0. The van der Waals surface area contributed by atoms with E-state index in [4.69, 9.17) is 0 Å². The molecule has 0 aliphatic rings. The fraction of sp³-hybridized carbons (Fsp3) is 0.333. The molecule has 0 unspecified atom stereocenters. The van der Waals surface area contributed by atoms with Crippen molar-refractivity contribution < 1.29 is 0 Å². The predicted octanol–water partition coefficient (Wildman–Crippen LogP) is 5.61. The van der Waals surface area contributed by atoms with Crippen LogP contribution in [0.15, 0.2) is 36.4 Å². The summed E-state index contributed by atoms with van der Waals surface area (Å²) >= 11 is 0. The van der Waals surface area contributed by atoms with Gasteiger partial charge in [-0.1, -0.05) is 55.8 Å². The Kier molecular flexibility index (Phi) is 5.15. The van der Waals surface area contributed by atoms with Gasteiger partial charge in [0.05, 0.1) is 0 Å². The van der Waals surface area contributed by atoms with Gasteiger partial charge in [-0.2, -0.15) is 0 Å². The topological polar surface area (TPSA) is 0 Å². The van der Waals surface area contributed by atoms with Gasteiger partial charge < -0.3 is 0 Å². The van der Waals surface area contributed by atoms with Crippen LogP contribution in [0.25, 0.3) is 11.1 Å². The molecule has 0 atom stereocenters. The highest BCUT2D eigenvalue weighted by Crippen LogP contribution is 2.26. The van der Waals surface area contributed by atoms with Crippen LogP contribution in [0.4, 0.5) is 0 Å². The van der Waals surface area contributed by atoms with Crippen LogP contribution < -0.4 is 0 Å². The Morgan fingerprint density at radius 1 is 0.611 bits per heavy atom. The normalized spacial score (nSPS) is 9.67. The van der Waals surface area contributed by atoms with Gasteiger partial charge in [0.2, 0.25) is 0 Å². The molecular weight excluding hydrogens is 216 g/mol. The number of hydrogen-bond acceptors (Lipinski definition) is 0. The fourth-order valence-corrected chi connectivity index (χ4v) is 1.96. The second-order valence-corrected chi connectivity index (χ2v) is 4.62. The Morgan fingerprint density at radius 3 is 1.83 bits per heavy atom. The Labute approximate surface area is 112 Å². The van der Waals surface area contributed by atoms with Crippen LogP contribution >= 0.6 is 0 Å². The molecule has 0 N–H and O–H groups in total. The summed E-state index contributed by atoms with van der Waals surface area (Å²) in [5, 5.41) is 0. The van der Waals surface area contributed by atoms with Crippen LogP contribution in [0.1, 0.15) is 36.1 Å². The average Bonchev–Trinajstić information content (AvgIpc) is 2.38. The summed E-state index contributed by atoms with van der Waals surface area (Å²) in [6.45, 7) is 12.6. The smallest absolute Gasteiger partial charge is 0.0152 e. The molecule has 2 aromatic carbocycles. The lowest BCUT2D eigenvalue weighted by molar-refractivity contribution is 1.33. The maximum atomic E-state index is 2.27. The summed E-state index contributed by atoms with van der Waals surface area (Å²) in [6, 6.07) is 13.3. The Hall–Kier alpha value is -1.56. The van der Waals surface area contributed by atoms with E-state index in [1.807, 2.05) is 13.8 Å². The average molecular weight is 240 g/mol. The van der Waals surface area contributed by atoms with Gasteiger partial charge in [0.15, 0.2) is 0 Å². The molecule has 0 aliphatic carbocycles. The van der Waals surface area contributed by atoms with Gasteiger partial charge in [0.1, 0.15) is 0 Å². The maximum absolute atomic E-state index is 2.27. The van der Waals surface area contributed by atoms with Crippen molar-refractivity contribution in [1.82, 2.24) is 0 Å². The third-order valence-corrected chi connectivity index (χ3v) is 3.21. The highest BCUT2D eigenvalue weighted by Gasteiger charge is 2.03. The molecule has 2 aromatic rings. The molecule has 18 heavy (non-hydrogen) atoms. The predicted molar refractivity (Wildman–Crippen MR) is 82.2 cm³/mol. The molecule has 0 spiro atoms. The van der Waals surface area contributed by atoms with Gasteiger partial charge in [-0.25, -0.2) is 0 Å². The molecule has 0 saturated carbocycles. The van der Waals surface area contributed by atoms with Crippen molar-refractivity contribution in [2.45, 2.75) is 41.5 Å². The van der Waals surface area contributed by atoms with Crippen molar-refractivity contribution in [2.24, 2.45) is 0 Å². The number of benzene rings is 2. The van der Waals surface area contributed by atoms with Crippen LogP contribution in [0.2, 0.25) is 0 Å². The summed E-state index contributed by atoms with van der Waals surface area (Å²) in [4.78, 5) is 0. The zero-order valence-electron chi connectivity index (χ0n) is 12.5. The molecule has 0 fully saturated rings. The van der Waals surface area contributed by atoms with Crippen molar-refractivity contribution in [3.63, 3.8) is 0 Å². The number of aryl methyl sites for hydroxylation is 4. The van der Waals surface area contributed by atoms with E-state index >= 15 is 0 Å². The molecular formula is C18H24. The molecule has 0 saturated heterocycles. The first-order valence-corrected chi connectivity index (χ1v) is 6.73. The minimum Gasteiger partial charge on any atom is -0.0683 e. The van der Waals surface area contributed by atoms with Crippen molar-refractivity contribution in [3.05, 3.63) is 58.7 Å². The van der Waals surface area contributed by atoms with Crippen LogP contribution in [0.5, 0.6) is 0 Å². The summed E-state index contributed by atoms with van der Waals surface area (Å²) in [5.74, 6) is 0. The lowest BCUT2D eigenvalue weighted by atomic mass is 9.96. The van der Waals surface area contributed by atoms with Crippen LogP contribution in [0.3, 0.4) is 0 Å². The lowest BCUT2D eigenvalue weighted by Gasteiger charge is -2.09. The van der Waals surface area contributed by atoms with Crippen LogP contribution in [-0.2, 0) is 0 Å². The van der Waals surface area contributed by atoms with Crippen molar-refractivity contribution in [3.8, 4) is 11.1 Å². The summed E-state index contributed by atoms with van der Waals surface area (Å²) in [7, 11) is 0. The van der Waals surface area contributed by atoms with Gasteiger partial charge in [0.25, 0.3) is 0 Å². The monoisotopic (exact) mass is 240 g/mol. The van der Waals surface area contributed by atoms with E-state index in [1.54, 1.807) is 0 Å². The van der Waals surface area contributed by atoms with E-state index in [2.05, 4.69) is 64.1 Å². The summed E-state index contributed by atoms with van der Waals surface area (Å²) < 4.78 is 0. The molecule has 0 bridgehead atoms. The highest BCUT2D eigenvalue weighted by atomic mass is 14.1. The van der Waals surface area contributed by atoms with Crippen LogP contribution in [-0.4, -0.2) is 0 Å². The van der Waals surface area contributed by atoms with E-state index in [0.717, 1.165) is 0 Å². The highest BCUT2D eigenvalue weighted by molar-refractivity contribution is 5.69. The second-order valence-electron chi connectivity index (χ2n) is 4.62. The Bertz CT molecular complexity index is 522. The van der Waals surface area contributed by atoms with E-state index < -0.39 is 0 Å². The van der Waals surface area contributed by atoms with E-state index in [9.17, 15) is 0 Å². The van der Waals surface area contributed by atoms with Gasteiger partial charge >= 0.3 is 0 Å². The first-order valence-electron chi connectivity index (χ1n) is 6.73. The van der Waals surface area contributed by atoms with Gasteiger partial charge in [0, 0.05) is 0 Å². The first kappa shape index (κ1) is 14.5. The second kappa shape index (κ2) is 6.39. The summed E-state index contributed by atoms with van der Waals surface area (Å²) in [5.41, 5.74) is 8.05. The zero-order valence-corrected chi connectivity index (χ0v) is 12.5. The Balaban J connectivity index is 0.000000771. The molecule has 0 aromatic heterocycles. The number of hydrogen-bond donors (Lipinski definition) is 0. The van der Waals surface area contributed by atoms with Gasteiger partial charge in [-0.15, -0.1) is 0 Å². The third kappa shape index (κ3) is 3.22. The van der Waals surface area contributed by atoms with E-state index in [0.29, 0.717) is 0 Å². The molecule has 0 radical (unpaired) electrons. The standard InChI is InChI=1S/C16H18.C2H6/c1-11-5-6-13(3)16(9-11)15-8-7-12(2)14(4)10-15;1-2/h5-10H,1-4H3;1-2H3. The fourth-order valence-electron chi connectivity index (χ4n) is 1.96. The molecule has 0 nitrogen and oxygen atoms in total. The molecule has 0 aliphatic heterocycles. The minimum atomic E-state index is 1.32. The van der Waals surface area contributed by atoms with Crippen molar-refractivity contribution in [1.29, 1.82) is 0 Å². The lowest BCUT2D eigenvalue weighted by Crippen LogP contribution is -1.87. The van der Waals surface area contributed by atoms with Gasteiger partial charge in [-0.05, 0) is 55.5 Å². The first-order chi connectivity index (χ1) is 8.58. The molecule has 0 amide bonds. The SMILES string of the molecule is CC.Cc1ccc(C)c(-c2ccc(C)c(C)c2)c1. The van der Waals surface area contributed by atoms with Crippen molar-refractivity contribution in [2.75, 3.05) is 0 Å². The third-order valence-electron chi connectivity index (χ3n) is 3.21. The molecule has 2 rings (SSSR count). The maximum Gasteiger partial charge on any atom is -0.0152 e. The molecule has 0 heteroatoms. The van der Waals surface area contributed by atoms with E-state index in [1.165, 1.54) is 33.4 Å². The molecule has 0 heterocycles. The largest absolute Gasteiger partial charge is 0.0683 e. The number of rotatable bonds is 1. The van der Waals surface area contributed by atoms with E-state index in [-0.39, 0.29) is 0 Å². The van der Waals surface area contributed by atoms with Gasteiger partial charge in [-0.3, -0.25) is 0 Å². The quantitative estimate of drug-likeness (QED) is 0.607. The zero-order chi connectivity index (χ0) is 13.7. The van der Waals surface area contributed by atoms with Crippen LogP contribution in [0, 0.1) is 27.7 Å². The molecule has 96 valence electrons. The Morgan fingerprint density at radius 2 is 1.22 bits per heavy atom. The van der Waals surface area contributed by atoms with Crippen molar-refractivity contribution >= 4 is 0 Å². The minimum absolute atomic E-state index is 1.32.